The van der Waals surface area contributed by atoms with E-state index in [0.717, 1.165) is 11.6 Å². The number of hydrogen-bond acceptors (Lipinski definition) is 4. The van der Waals surface area contributed by atoms with Gasteiger partial charge in [0.05, 0.1) is 29.8 Å². The van der Waals surface area contributed by atoms with Crippen molar-refractivity contribution in [1.82, 2.24) is 13.8 Å². The molecule has 0 bridgehead atoms. The van der Waals surface area contributed by atoms with Crippen molar-refractivity contribution in [3.8, 4) is 22.7 Å². The number of piperazine rings is 1. The number of aromatic nitrogens is 1. The van der Waals surface area contributed by atoms with Gasteiger partial charge in [-0.05, 0) is 61.9 Å². The summed E-state index contributed by atoms with van der Waals surface area (Å²) in [5.74, 6) is -1.06. The van der Waals surface area contributed by atoms with E-state index in [1.54, 1.807) is 60.8 Å². The predicted octanol–water partition coefficient (Wildman–Crippen LogP) is 3.85. The Hall–Kier alpha value is -3.24. The number of hydrogen-bond donors (Lipinski definition) is 0. The number of carbonyl (C=O) groups is 1. The van der Waals surface area contributed by atoms with Gasteiger partial charge in [-0.25, -0.2) is 17.2 Å². The fourth-order valence-corrected chi connectivity index (χ4v) is 5.38. The molecule has 1 saturated heterocycles. The molecule has 1 aliphatic heterocycles. The molecule has 1 amide bonds. The number of halogens is 2. The summed E-state index contributed by atoms with van der Waals surface area (Å²) in [4.78, 5) is 15.1. The van der Waals surface area contributed by atoms with Crippen LogP contribution in [-0.2, 0) is 10.0 Å². The molecule has 0 saturated carbocycles. The van der Waals surface area contributed by atoms with Crippen LogP contribution in [0, 0.1) is 18.6 Å². The number of sulfonamides is 1. The maximum Gasteiger partial charge on any atom is 0.255 e. The quantitative estimate of drug-likeness (QED) is 0.513. The van der Waals surface area contributed by atoms with E-state index in [0.29, 0.717) is 22.7 Å². The molecular weight excluding hydrogens is 476 g/mol. The van der Waals surface area contributed by atoms with Crippen LogP contribution in [0.3, 0.4) is 0 Å². The lowest BCUT2D eigenvalue weighted by Gasteiger charge is -2.33. The molecule has 0 unspecified atom stereocenters. The van der Waals surface area contributed by atoms with Crippen LogP contribution in [0.25, 0.3) is 16.9 Å². The summed E-state index contributed by atoms with van der Waals surface area (Å²) in [6, 6.07) is 12.1. The number of methoxy groups -OCH3 is 1. The monoisotopic (exact) mass is 503 g/mol. The van der Waals surface area contributed by atoms with E-state index >= 15 is 0 Å². The topological polar surface area (TPSA) is 71.8 Å². The zero-order chi connectivity index (χ0) is 25.3. The molecule has 0 aliphatic carbocycles. The van der Waals surface area contributed by atoms with E-state index in [-0.39, 0.29) is 43.5 Å². The molecule has 1 aromatic heterocycles. The summed E-state index contributed by atoms with van der Waals surface area (Å²) in [5.41, 5.74) is 2.26. The van der Waals surface area contributed by atoms with E-state index < -0.39 is 21.7 Å². The van der Waals surface area contributed by atoms with Crippen molar-refractivity contribution in [2.75, 3.05) is 39.0 Å². The SMILES string of the molecule is CCS(=O)(=O)N1CCN(C(=O)c2cc(-c3ccc(OC)cc3)n(-c3ccc(F)cc3F)c2C)CC1. The molecule has 1 aliphatic rings. The third-order valence-corrected chi connectivity index (χ3v) is 8.18. The van der Waals surface area contributed by atoms with Crippen molar-refractivity contribution in [2.45, 2.75) is 13.8 Å². The van der Waals surface area contributed by atoms with Crippen LogP contribution < -0.4 is 4.74 Å². The van der Waals surface area contributed by atoms with E-state index in [2.05, 4.69) is 0 Å². The normalized spacial score (nSPS) is 14.8. The van der Waals surface area contributed by atoms with Crippen molar-refractivity contribution in [3.63, 3.8) is 0 Å². The molecule has 7 nitrogen and oxygen atoms in total. The number of amides is 1. The molecule has 10 heteroatoms. The summed E-state index contributed by atoms with van der Waals surface area (Å²) in [5, 5.41) is 0. The fourth-order valence-electron chi connectivity index (χ4n) is 4.29. The second-order valence-corrected chi connectivity index (χ2v) is 10.5. The molecular formula is C25H27F2N3O4S. The fraction of sp³-hybridized carbons (Fsp3) is 0.320. The summed E-state index contributed by atoms with van der Waals surface area (Å²) >= 11 is 0. The van der Waals surface area contributed by atoms with Gasteiger partial charge in [-0.1, -0.05) is 0 Å². The highest BCUT2D eigenvalue weighted by atomic mass is 32.2. The molecule has 2 heterocycles. The molecule has 0 N–H and O–H groups in total. The lowest BCUT2D eigenvalue weighted by Crippen LogP contribution is -2.50. The average molecular weight is 504 g/mol. The molecule has 2 aromatic carbocycles. The van der Waals surface area contributed by atoms with E-state index in [9.17, 15) is 22.0 Å². The number of nitrogens with zero attached hydrogens (tertiary/aromatic N) is 3. The summed E-state index contributed by atoms with van der Waals surface area (Å²) in [6.07, 6.45) is 0. The maximum absolute atomic E-state index is 14.8. The second-order valence-electron chi connectivity index (χ2n) is 8.28. The number of ether oxygens (including phenoxy) is 1. The third-order valence-electron chi connectivity index (χ3n) is 6.30. The Kier molecular flexibility index (Phi) is 6.95. The van der Waals surface area contributed by atoms with Gasteiger partial charge >= 0.3 is 0 Å². The van der Waals surface area contributed by atoms with Gasteiger partial charge < -0.3 is 14.2 Å². The number of benzene rings is 2. The van der Waals surface area contributed by atoms with Crippen LogP contribution in [0.1, 0.15) is 23.0 Å². The van der Waals surface area contributed by atoms with Crippen molar-refractivity contribution >= 4 is 15.9 Å². The first-order chi connectivity index (χ1) is 16.7. The third kappa shape index (κ3) is 4.81. The van der Waals surface area contributed by atoms with Crippen LogP contribution in [0.2, 0.25) is 0 Å². The number of rotatable bonds is 6. The van der Waals surface area contributed by atoms with Gasteiger partial charge in [-0.3, -0.25) is 4.79 Å². The van der Waals surface area contributed by atoms with Gasteiger partial charge in [0.15, 0.2) is 0 Å². The highest BCUT2D eigenvalue weighted by molar-refractivity contribution is 7.89. The Morgan fingerprint density at radius 2 is 1.66 bits per heavy atom. The van der Waals surface area contributed by atoms with E-state index in [4.69, 9.17) is 4.74 Å². The molecule has 0 radical (unpaired) electrons. The van der Waals surface area contributed by atoms with Crippen LogP contribution in [-0.4, -0.2) is 67.1 Å². The van der Waals surface area contributed by atoms with Gasteiger partial charge in [0, 0.05) is 37.9 Å². The van der Waals surface area contributed by atoms with Gasteiger partial charge in [0.25, 0.3) is 5.91 Å². The first-order valence-corrected chi connectivity index (χ1v) is 12.9. The van der Waals surface area contributed by atoms with Crippen LogP contribution in [0.4, 0.5) is 8.78 Å². The number of carbonyl (C=O) groups excluding carboxylic acids is 1. The standard InChI is InChI=1S/C25H27F2N3O4S/c1-4-35(32,33)29-13-11-28(12-14-29)25(31)21-16-24(18-5-8-20(34-3)9-6-18)30(17(21)2)23-10-7-19(26)15-22(23)27/h5-10,15-16H,4,11-14H2,1-3H3. The van der Waals surface area contributed by atoms with Gasteiger partial charge in [0.2, 0.25) is 10.0 Å². The average Bonchev–Trinajstić information content (AvgIpc) is 3.20. The first-order valence-electron chi connectivity index (χ1n) is 11.3. The minimum atomic E-state index is -3.32. The Morgan fingerprint density at radius 1 is 1.00 bits per heavy atom. The molecule has 3 aromatic rings. The zero-order valence-electron chi connectivity index (χ0n) is 19.8. The van der Waals surface area contributed by atoms with Crippen molar-refractivity contribution in [1.29, 1.82) is 0 Å². The van der Waals surface area contributed by atoms with Crippen molar-refractivity contribution < 1.29 is 26.7 Å². The lowest BCUT2D eigenvalue weighted by atomic mass is 10.1. The summed E-state index contributed by atoms with van der Waals surface area (Å²) < 4.78 is 61.0. The van der Waals surface area contributed by atoms with Crippen molar-refractivity contribution in [2.24, 2.45) is 0 Å². The minimum Gasteiger partial charge on any atom is -0.497 e. The molecule has 0 atom stereocenters. The first kappa shape index (κ1) is 24.9. The van der Waals surface area contributed by atoms with E-state index in [1.807, 2.05) is 0 Å². The largest absolute Gasteiger partial charge is 0.497 e. The highest BCUT2D eigenvalue weighted by Gasteiger charge is 2.30. The molecule has 0 spiro atoms. The molecule has 186 valence electrons. The Balaban J connectivity index is 1.74. The lowest BCUT2D eigenvalue weighted by molar-refractivity contribution is 0.0697. The maximum atomic E-state index is 14.8. The van der Waals surface area contributed by atoms with Crippen LogP contribution >= 0.6 is 0 Å². The Bertz CT molecular complexity index is 1350. The zero-order valence-corrected chi connectivity index (χ0v) is 20.6. The Labute approximate surface area is 203 Å². The van der Waals surface area contributed by atoms with Gasteiger partial charge in [0.1, 0.15) is 17.4 Å². The van der Waals surface area contributed by atoms with Gasteiger partial charge in [-0.15, -0.1) is 0 Å². The molecule has 1 fully saturated rings. The van der Waals surface area contributed by atoms with Crippen LogP contribution in [0.5, 0.6) is 5.75 Å². The summed E-state index contributed by atoms with van der Waals surface area (Å²) in [7, 11) is -1.77. The molecule has 4 rings (SSSR count). The smallest absolute Gasteiger partial charge is 0.255 e. The van der Waals surface area contributed by atoms with Gasteiger partial charge in [-0.2, -0.15) is 4.31 Å². The Morgan fingerprint density at radius 3 is 2.23 bits per heavy atom. The van der Waals surface area contributed by atoms with Crippen LogP contribution in [0.15, 0.2) is 48.5 Å². The van der Waals surface area contributed by atoms with Crippen molar-refractivity contribution in [3.05, 3.63) is 71.4 Å². The second kappa shape index (κ2) is 9.79. The predicted molar refractivity (Wildman–Crippen MR) is 129 cm³/mol. The highest BCUT2D eigenvalue weighted by Crippen LogP contribution is 2.32. The molecule has 35 heavy (non-hydrogen) atoms. The minimum absolute atomic E-state index is 0.0113. The summed E-state index contributed by atoms with van der Waals surface area (Å²) in [6.45, 7) is 4.26. The van der Waals surface area contributed by atoms with E-state index in [1.165, 1.54) is 16.4 Å².